The highest BCUT2D eigenvalue weighted by Crippen LogP contribution is 2.20. The van der Waals surface area contributed by atoms with Gasteiger partial charge in [0, 0.05) is 23.6 Å². The molecule has 0 radical (unpaired) electrons. The molecule has 2 aromatic carbocycles. The highest BCUT2D eigenvalue weighted by molar-refractivity contribution is 5.90. The first-order chi connectivity index (χ1) is 14.9. The van der Waals surface area contributed by atoms with Gasteiger partial charge in [0.15, 0.2) is 0 Å². The third kappa shape index (κ3) is 6.34. The fourth-order valence-electron chi connectivity index (χ4n) is 4.00. The van der Waals surface area contributed by atoms with Crippen LogP contribution in [0.4, 0.5) is 0 Å². The second kappa shape index (κ2) is 11.7. The molecule has 2 atom stereocenters. The Balaban J connectivity index is 0.00000363. The molecule has 0 aliphatic rings. The number of primary amides is 1. The van der Waals surface area contributed by atoms with Gasteiger partial charge in [0.25, 0.3) is 0 Å². The summed E-state index contributed by atoms with van der Waals surface area (Å²) in [5, 5.41) is 1.05. The first-order valence-corrected chi connectivity index (χ1v) is 10.8. The van der Waals surface area contributed by atoms with Crippen molar-refractivity contribution in [3.05, 3.63) is 71.9 Å². The first-order valence-electron chi connectivity index (χ1n) is 10.8. The smallest absolute Gasteiger partial charge is 0.240 e. The number of nitrogens with one attached hydrogen (secondary N) is 1. The van der Waals surface area contributed by atoms with E-state index in [4.69, 9.17) is 11.5 Å². The van der Waals surface area contributed by atoms with Crippen LogP contribution in [0.2, 0.25) is 0 Å². The van der Waals surface area contributed by atoms with Crippen molar-refractivity contribution in [2.75, 3.05) is 6.54 Å². The normalized spacial score (nSPS) is 12.9. The molecule has 3 rings (SSSR count). The number of nitrogens with two attached hydrogens (primary N) is 2. The molecule has 7 heteroatoms. The number of nitrogens with zero attached hydrogens (tertiary/aromatic N) is 1. The summed E-state index contributed by atoms with van der Waals surface area (Å²) in [6.45, 7) is 4.42. The molecular weight excluding hydrogens is 424 g/mol. The lowest BCUT2D eigenvalue weighted by Crippen LogP contribution is -2.54. The average Bonchev–Trinajstić information content (AvgIpc) is 3.16. The van der Waals surface area contributed by atoms with Crippen LogP contribution in [-0.2, 0) is 22.4 Å². The summed E-state index contributed by atoms with van der Waals surface area (Å²) in [6, 6.07) is 16.4. The Morgan fingerprint density at radius 1 is 1.03 bits per heavy atom. The number of carbonyl (C=O) groups excluding carboxylic acids is 2. The Bertz CT molecular complexity index is 1020. The van der Waals surface area contributed by atoms with E-state index in [9.17, 15) is 9.59 Å². The van der Waals surface area contributed by atoms with E-state index >= 15 is 0 Å². The van der Waals surface area contributed by atoms with E-state index < -0.39 is 18.0 Å². The number of hydrogen-bond acceptors (Lipinski definition) is 3. The summed E-state index contributed by atoms with van der Waals surface area (Å²) in [4.78, 5) is 30.5. The van der Waals surface area contributed by atoms with Gasteiger partial charge in [0.1, 0.15) is 6.04 Å². The van der Waals surface area contributed by atoms with Gasteiger partial charge < -0.3 is 21.4 Å². The summed E-state index contributed by atoms with van der Waals surface area (Å²) in [5.41, 5.74) is 15.2. The summed E-state index contributed by atoms with van der Waals surface area (Å²) in [6.07, 6.45) is 3.42. The van der Waals surface area contributed by atoms with Crippen LogP contribution < -0.4 is 11.5 Å². The maximum atomic E-state index is 13.4. The van der Waals surface area contributed by atoms with Gasteiger partial charge in [-0.3, -0.25) is 9.59 Å². The highest BCUT2D eigenvalue weighted by Gasteiger charge is 2.32. The van der Waals surface area contributed by atoms with E-state index in [0.717, 1.165) is 22.0 Å². The second-order valence-electron chi connectivity index (χ2n) is 8.49. The number of fused-ring (bicyclic) bond motifs is 1. The summed E-state index contributed by atoms with van der Waals surface area (Å²) in [7, 11) is 0. The van der Waals surface area contributed by atoms with Crippen molar-refractivity contribution in [2.24, 2.45) is 17.4 Å². The van der Waals surface area contributed by atoms with Gasteiger partial charge in [0.2, 0.25) is 11.8 Å². The molecule has 0 saturated carbocycles. The molecule has 0 aliphatic heterocycles. The minimum atomic E-state index is -0.760. The lowest BCUT2D eigenvalue weighted by Gasteiger charge is -2.33. The fraction of sp³-hybridized carbons (Fsp3) is 0.360. The molecule has 1 aromatic heterocycles. The Morgan fingerprint density at radius 3 is 2.34 bits per heavy atom. The van der Waals surface area contributed by atoms with Gasteiger partial charge in [-0.05, 0) is 42.4 Å². The molecule has 6 nitrogen and oxygen atoms in total. The number of halogens is 1. The quantitative estimate of drug-likeness (QED) is 0.435. The Morgan fingerprint density at radius 2 is 1.69 bits per heavy atom. The molecule has 3 aromatic rings. The fourth-order valence-corrected chi connectivity index (χ4v) is 4.00. The number of H-pyrrole nitrogens is 1. The molecule has 1 heterocycles. The van der Waals surface area contributed by atoms with Crippen LogP contribution in [0.25, 0.3) is 10.9 Å². The number of carbonyl (C=O) groups is 2. The predicted octanol–water partition coefficient (Wildman–Crippen LogP) is 3.43. The minimum absolute atomic E-state index is 0. The van der Waals surface area contributed by atoms with Crippen molar-refractivity contribution < 1.29 is 9.59 Å². The Hall–Kier alpha value is -2.83. The van der Waals surface area contributed by atoms with Gasteiger partial charge >= 0.3 is 0 Å². The lowest BCUT2D eigenvalue weighted by molar-refractivity contribution is -0.141. The Labute approximate surface area is 195 Å². The molecule has 2 amide bonds. The molecule has 0 fully saturated rings. The van der Waals surface area contributed by atoms with E-state index in [2.05, 4.69) is 4.98 Å². The third-order valence-electron chi connectivity index (χ3n) is 5.60. The van der Waals surface area contributed by atoms with Crippen molar-refractivity contribution in [3.63, 3.8) is 0 Å². The molecular formula is C25H33ClN4O2. The maximum absolute atomic E-state index is 13.4. The zero-order valence-electron chi connectivity index (χ0n) is 18.7. The number of amides is 2. The van der Waals surface area contributed by atoms with Crippen LogP contribution in [-0.4, -0.2) is 40.3 Å². The lowest BCUT2D eigenvalue weighted by atomic mass is 9.98. The third-order valence-corrected chi connectivity index (χ3v) is 5.60. The minimum Gasteiger partial charge on any atom is -0.368 e. The van der Waals surface area contributed by atoms with Crippen LogP contribution in [0, 0.1) is 5.92 Å². The first kappa shape index (κ1) is 25.4. The zero-order valence-corrected chi connectivity index (χ0v) is 19.5. The highest BCUT2D eigenvalue weighted by atomic mass is 35.5. The molecule has 172 valence electrons. The van der Waals surface area contributed by atoms with E-state index in [-0.39, 0.29) is 24.2 Å². The van der Waals surface area contributed by atoms with Gasteiger partial charge in [-0.1, -0.05) is 62.4 Å². The molecule has 0 unspecified atom stereocenters. The van der Waals surface area contributed by atoms with Gasteiger partial charge in [-0.25, -0.2) is 0 Å². The summed E-state index contributed by atoms with van der Waals surface area (Å²) < 4.78 is 0. The van der Waals surface area contributed by atoms with E-state index in [1.165, 1.54) is 0 Å². The van der Waals surface area contributed by atoms with Gasteiger partial charge in [-0.2, -0.15) is 0 Å². The monoisotopic (exact) mass is 456 g/mol. The van der Waals surface area contributed by atoms with E-state index in [1.54, 1.807) is 4.90 Å². The Kier molecular flexibility index (Phi) is 9.29. The van der Waals surface area contributed by atoms with Crippen molar-refractivity contribution in [2.45, 2.75) is 45.2 Å². The second-order valence-corrected chi connectivity index (χ2v) is 8.49. The molecule has 0 aliphatic carbocycles. The van der Waals surface area contributed by atoms with Crippen LogP contribution in [0.1, 0.15) is 31.4 Å². The number of aromatic nitrogens is 1. The molecule has 0 saturated heterocycles. The molecule has 32 heavy (non-hydrogen) atoms. The van der Waals surface area contributed by atoms with Gasteiger partial charge in [0.05, 0.1) is 6.04 Å². The molecule has 0 bridgehead atoms. The van der Waals surface area contributed by atoms with Crippen molar-refractivity contribution >= 4 is 35.1 Å². The average molecular weight is 457 g/mol. The summed E-state index contributed by atoms with van der Waals surface area (Å²) >= 11 is 0. The number of aromatic amines is 1. The SMILES string of the molecule is CC(C)C[C@@H](C(N)=O)N(CCc1ccccc1)C(=O)[C@@H](N)Cc1c[nH]c2ccccc12.Cl. The number of benzene rings is 2. The van der Waals surface area contributed by atoms with Gasteiger partial charge in [-0.15, -0.1) is 12.4 Å². The molecule has 5 N–H and O–H groups in total. The van der Waals surface area contributed by atoms with Crippen LogP contribution in [0.15, 0.2) is 60.8 Å². The number of para-hydroxylation sites is 1. The van der Waals surface area contributed by atoms with Crippen LogP contribution in [0.5, 0.6) is 0 Å². The largest absolute Gasteiger partial charge is 0.368 e. The standard InChI is InChI=1S/C25H32N4O2.ClH/c1-17(2)14-23(24(27)30)29(13-12-18-8-4-3-5-9-18)25(31)21(26)15-19-16-28-22-11-7-6-10-20(19)22;/h3-11,16-17,21,23,28H,12-15,26H2,1-2H3,(H2,27,30);1H/t21-,23-;/m0./s1. The van der Waals surface area contributed by atoms with Crippen LogP contribution >= 0.6 is 12.4 Å². The zero-order chi connectivity index (χ0) is 22.4. The van der Waals surface area contributed by atoms with Crippen LogP contribution in [0.3, 0.4) is 0 Å². The number of hydrogen-bond donors (Lipinski definition) is 3. The number of rotatable bonds is 10. The predicted molar refractivity (Wildman–Crippen MR) is 132 cm³/mol. The van der Waals surface area contributed by atoms with Crippen molar-refractivity contribution in [1.82, 2.24) is 9.88 Å². The van der Waals surface area contributed by atoms with E-state index in [1.807, 2.05) is 74.6 Å². The van der Waals surface area contributed by atoms with E-state index in [0.29, 0.717) is 25.8 Å². The van der Waals surface area contributed by atoms with Crippen molar-refractivity contribution in [3.8, 4) is 0 Å². The topological polar surface area (TPSA) is 105 Å². The summed E-state index contributed by atoms with van der Waals surface area (Å²) in [5.74, 6) is -0.519. The maximum Gasteiger partial charge on any atom is 0.240 e. The van der Waals surface area contributed by atoms with Crippen molar-refractivity contribution in [1.29, 1.82) is 0 Å². The molecule has 0 spiro atoms.